The molecule has 1 atom stereocenters. The Morgan fingerprint density at radius 1 is 1.03 bits per heavy atom. The zero-order valence-electron chi connectivity index (χ0n) is 16.7. The Morgan fingerprint density at radius 3 is 2.27 bits per heavy atom. The number of nitro groups is 1. The molecule has 30 heavy (non-hydrogen) atoms. The molecule has 0 radical (unpaired) electrons. The molecule has 2 amide bonds. The predicted molar refractivity (Wildman–Crippen MR) is 115 cm³/mol. The number of amides is 2. The summed E-state index contributed by atoms with van der Waals surface area (Å²) in [6, 6.07) is 15.2. The fraction of sp³-hybridized carbons (Fsp3) is 0.273. The van der Waals surface area contributed by atoms with Gasteiger partial charge in [-0.05, 0) is 30.7 Å². The van der Waals surface area contributed by atoms with Crippen molar-refractivity contribution in [2.75, 3.05) is 31.1 Å². The summed E-state index contributed by atoms with van der Waals surface area (Å²) in [6.45, 7) is 3.97. The minimum atomic E-state index is -0.621. The standard InChI is InChI=1S/C22H24N4O4/c1-17(23-21(27)12-7-18-5-3-2-4-6-18)22(28)25-15-13-24(14-16-25)19-8-10-20(11-9-19)26(29)30/h2-12,17H,13-16H2,1H3,(H,23,27)/b12-7-/t17-/m1/s1. The molecule has 8 heteroatoms. The first-order valence-corrected chi connectivity index (χ1v) is 9.76. The van der Waals surface area contributed by atoms with Crippen molar-refractivity contribution in [1.82, 2.24) is 10.2 Å². The van der Waals surface area contributed by atoms with Crippen molar-refractivity contribution >= 4 is 29.3 Å². The molecule has 2 aromatic carbocycles. The van der Waals surface area contributed by atoms with Crippen molar-refractivity contribution in [3.05, 3.63) is 76.4 Å². The molecule has 2 aromatic rings. The predicted octanol–water partition coefficient (Wildman–Crippen LogP) is 2.46. The third-order valence-corrected chi connectivity index (χ3v) is 4.97. The zero-order valence-corrected chi connectivity index (χ0v) is 16.7. The van der Waals surface area contributed by atoms with Gasteiger partial charge in [0, 0.05) is 50.1 Å². The lowest BCUT2D eigenvalue weighted by atomic mass is 10.2. The third kappa shape index (κ3) is 5.44. The second-order valence-electron chi connectivity index (χ2n) is 7.06. The van der Waals surface area contributed by atoms with E-state index in [1.165, 1.54) is 18.2 Å². The van der Waals surface area contributed by atoms with Gasteiger partial charge in [0.2, 0.25) is 11.8 Å². The van der Waals surface area contributed by atoms with Crippen molar-refractivity contribution < 1.29 is 14.5 Å². The average Bonchev–Trinajstić information content (AvgIpc) is 2.78. The minimum Gasteiger partial charge on any atom is -0.368 e. The lowest BCUT2D eigenvalue weighted by molar-refractivity contribution is -0.384. The number of benzene rings is 2. The lowest BCUT2D eigenvalue weighted by Gasteiger charge is -2.37. The quantitative estimate of drug-likeness (QED) is 0.450. The van der Waals surface area contributed by atoms with E-state index in [2.05, 4.69) is 10.2 Å². The Balaban J connectivity index is 1.48. The van der Waals surface area contributed by atoms with Gasteiger partial charge in [-0.2, -0.15) is 0 Å². The summed E-state index contributed by atoms with van der Waals surface area (Å²) < 4.78 is 0. The van der Waals surface area contributed by atoms with Crippen molar-refractivity contribution in [2.45, 2.75) is 13.0 Å². The van der Waals surface area contributed by atoms with Crippen LogP contribution in [-0.2, 0) is 9.59 Å². The summed E-state index contributed by atoms with van der Waals surface area (Å²) in [6.07, 6.45) is 3.13. The van der Waals surface area contributed by atoms with Gasteiger partial charge in [0.25, 0.3) is 5.69 Å². The van der Waals surface area contributed by atoms with Crippen molar-refractivity contribution in [3.63, 3.8) is 0 Å². The van der Waals surface area contributed by atoms with Crippen LogP contribution in [0.5, 0.6) is 0 Å². The van der Waals surface area contributed by atoms with E-state index in [0.717, 1.165) is 11.3 Å². The first-order chi connectivity index (χ1) is 14.4. The van der Waals surface area contributed by atoms with E-state index < -0.39 is 11.0 Å². The van der Waals surface area contributed by atoms with E-state index in [1.807, 2.05) is 30.3 Å². The highest BCUT2D eigenvalue weighted by Crippen LogP contribution is 2.20. The molecule has 1 aliphatic heterocycles. The van der Waals surface area contributed by atoms with Gasteiger partial charge < -0.3 is 15.1 Å². The van der Waals surface area contributed by atoms with Crippen LogP contribution in [0, 0.1) is 10.1 Å². The molecule has 0 spiro atoms. The van der Waals surface area contributed by atoms with Crippen LogP contribution >= 0.6 is 0 Å². The molecule has 1 saturated heterocycles. The number of piperazine rings is 1. The van der Waals surface area contributed by atoms with E-state index in [4.69, 9.17) is 0 Å². The molecule has 1 aliphatic rings. The van der Waals surface area contributed by atoms with Crippen LogP contribution in [0.4, 0.5) is 11.4 Å². The average molecular weight is 408 g/mol. The number of carbonyl (C=O) groups is 2. The first kappa shape index (κ1) is 21.0. The van der Waals surface area contributed by atoms with E-state index in [-0.39, 0.29) is 17.5 Å². The minimum absolute atomic E-state index is 0.0541. The summed E-state index contributed by atoms with van der Waals surface area (Å²) >= 11 is 0. The molecule has 8 nitrogen and oxygen atoms in total. The summed E-state index contributed by atoms with van der Waals surface area (Å²) in [5, 5.41) is 13.5. The van der Waals surface area contributed by atoms with Gasteiger partial charge in [0.15, 0.2) is 0 Å². The van der Waals surface area contributed by atoms with Gasteiger partial charge in [0.1, 0.15) is 6.04 Å². The Bertz CT molecular complexity index is 920. The fourth-order valence-electron chi connectivity index (χ4n) is 3.30. The molecule has 1 fully saturated rings. The number of nitro benzene ring substituents is 1. The van der Waals surface area contributed by atoms with Crippen LogP contribution in [0.25, 0.3) is 6.08 Å². The van der Waals surface area contributed by atoms with Crippen LogP contribution in [0.15, 0.2) is 60.7 Å². The number of non-ortho nitro benzene ring substituents is 1. The van der Waals surface area contributed by atoms with E-state index in [1.54, 1.807) is 30.0 Å². The van der Waals surface area contributed by atoms with Gasteiger partial charge in [-0.1, -0.05) is 30.3 Å². The maximum absolute atomic E-state index is 12.7. The second kappa shape index (κ2) is 9.69. The van der Waals surface area contributed by atoms with Crippen LogP contribution < -0.4 is 10.2 Å². The summed E-state index contributed by atoms with van der Waals surface area (Å²) in [4.78, 5) is 38.9. The maximum atomic E-state index is 12.7. The first-order valence-electron chi connectivity index (χ1n) is 9.76. The number of rotatable bonds is 6. The zero-order chi connectivity index (χ0) is 21.5. The SMILES string of the molecule is C[C@@H](NC(=O)/C=C\c1ccccc1)C(=O)N1CCN(c2ccc([N+](=O)[O-])cc2)CC1. The highest BCUT2D eigenvalue weighted by molar-refractivity contribution is 5.95. The highest BCUT2D eigenvalue weighted by Gasteiger charge is 2.25. The van der Waals surface area contributed by atoms with Crippen LogP contribution in [0.3, 0.4) is 0 Å². The van der Waals surface area contributed by atoms with Crippen molar-refractivity contribution in [3.8, 4) is 0 Å². The summed E-state index contributed by atoms with van der Waals surface area (Å²) in [5.41, 5.74) is 1.85. The molecule has 0 unspecified atom stereocenters. The van der Waals surface area contributed by atoms with Crippen LogP contribution in [-0.4, -0.2) is 53.9 Å². The molecular formula is C22H24N4O4. The number of hydrogen-bond donors (Lipinski definition) is 1. The summed E-state index contributed by atoms with van der Waals surface area (Å²) in [5.74, 6) is -0.441. The normalized spacial score (nSPS) is 15.1. The molecule has 0 saturated carbocycles. The van der Waals surface area contributed by atoms with Crippen LogP contribution in [0.2, 0.25) is 0 Å². The Morgan fingerprint density at radius 2 is 1.67 bits per heavy atom. The number of anilines is 1. The molecule has 1 N–H and O–H groups in total. The Hall–Kier alpha value is -3.68. The van der Waals surface area contributed by atoms with Gasteiger partial charge in [0.05, 0.1) is 4.92 Å². The van der Waals surface area contributed by atoms with Crippen LogP contribution in [0.1, 0.15) is 12.5 Å². The Kier molecular flexibility index (Phi) is 6.79. The lowest BCUT2D eigenvalue weighted by Crippen LogP contribution is -2.54. The number of nitrogens with zero attached hydrogens (tertiary/aromatic N) is 3. The summed E-state index contributed by atoms with van der Waals surface area (Å²) in [7, 11) is 0. The number of hydrogen-bond acceptors (Lipinski definition) is 5. The molecular weight excluding hydrogens is 384 g/mol. The largest absolute Gasteiger partial charge is 0.368 e. The molecule has 0 aromatic heterocycles. The van der Waals surface area contributed by atoms with E-state index in [9.17, 15) is 19.7 Å². The second-order valence-corrected chi connectivity index (χ2v) is 7.06. The third-order valence-electron chi connectivity index (χ3n) is 4.97. The van der Waals surface area contributed by atoms with Gasteiger partial charge in [-0.15, -0.1) is 0 Å². The van der Waals surface area contributed by atoms with E-state index >= 15 is 0 Å². The molecule has 156 valence electrons. The van der Waals surface area contributed by atoms with Crippen molar-refractivity contribution in [1.29, 1.82) is 0 Å². The maximum Gasteiger partial charge on any atom is 0.269 e. The molecule has 0 bridgehead atoms. The molecule has 3 rings (SSSR count). The Labute approximate surface area is 174 Å². The topological polar surface area (TPSA) is 95.8 Å². The number of nitrogens with one attached hydrogen (secondary N) is 1. The number of carbonyl (C=O) groups excluding carboxylic acids is 2. The van der Waals surface area contributed by atoms with Gasteiger partial charge >= 0.3 is 0 Å². The van der Waals surface area contributed by atoms with Gasteiger partial charge in [-0.3, -0.25) is 19.7 Å². The van der Waals surface area contributed by atoms with E-state index in [0.29, 0.717) is 26.2 Å². The molecule has 1 heterocycles. The van der Waals surface area contributed by atoms with Gasteiger partial charge in [-0.25, -0.2) is 0 Å². The molecule has 0 aliphatic carbocycles. The fourth-order valence-corrected chi connectivity index (χ4v) is 3.30. The monoisotopic (exact) mass is 408 g/mol. The van der Waals surface area contributed by atoms with Crippen molar-refractivity contribution in [2.24, 2.45) is 0 Å². The highest BCUT2D eigenvalue weighted by atomic mass is 16.6. The smallest absolute Gasteiger partial charge is 0.269 e.